The van der Waals surface area contributed by atoms with Crippen molar-refractivity contribution in [3.63, 3.8) is 0 Å². The predicted octanol–water partition coefficient (Wildman–Crippen LogP) is 5.30. The number of aryl methyl sites for hydroxylation is 1. The smallest absolute Gasteiger partial charge is 0.305 e. The lowest BCUT2D eigenvalue weighted by Crippen LogP contribution is -2.36. The number of nitrogens with zero attached hydrogens (tertiary/aromatic N) is 1. The first kappa shape index (κ1) is 24.9. The van der Waals surface area contributed by atoms with E-state index in [0.717, 1.165) is 51.0 Å². The highest BCUT2D eigenvalue weighted by atomic mass is 127. The van der Waals surface area contributed by atoms with Gasteiger partial charge in [0.1, 0.15) is 0 Å². The molecule has 1 aliphatic rings. The average molecular weight is 566 g/mol. The molecule has 7 heteroatoms. The molecule has 0 heterocycles. The Balaban J connectivity index is 1.52. The predicted molar refractivity (Wildman–Crippen MR) is 143 cm³/mol. The maximum Gasteiger partial charge on any atom is 0.305 e. The van der Waals surface area contributed by atoms with Crippen molar-refractivity contribution in [1.82, 2.24) is 10.2 Å². The zero-order valence-corrected chi connectivity index (χ0v) is 21.6. The molecule has 172 valence electrons. The largest absolute Gasteiger partial charge is 0.469 e. The van der Waals surface area contributed by atoms with E-state index in [2.05, 4.69) is 74.5 Å². The third-order valence-corrected chi connectivity index (χ3v) is 6.81. The Hall–Kier alpha value is -1.71. The molecule has 1 atom stereocenters. The molecule has 5 nitrogen and oxygen atoms in total. The first-order valence-electron chi connectivity index (χ1n) is 11.3. The minimum Gasteiger partial charge on any atom is -0.469 e. The molecule has 0 radical (unpaired) electrons. The van der Waals surface area contributed by atoms with E-state index in [4.69, 9.17) is 17.0 Å². The van der Waals surface area contributed by atoms with Gasteiger partial charge in [-0.05, 0) is 109 Å². The van der Waals surface area contributed by atoms with E-state index >= 15 is 0 Å². The summed E-state index contributed by atoms with van der Waals surface area (Å²) in [5.74, 6) is -0.136. The maximum atomic E-state index is 11.6. The fraction of sp³-hybridized carbons (Fsp3) is 0.440. The Morgan fingerprint density at radius 1 is 1.16 bits per heavy atom. The van der Waals surface area contributed by atoms with Crippen LogP contribution in [0.5, 0.6) is 0 Å². The third-order valence-electron chi connectivity index (χ3n) is 5.84. The highest BCUT2D eigenvalue weighted by Crippen LogP contribution is 2.34. The monoisotopic (exact) mass is 565 g/mol. The molecule has 0 aliphatic heterocycles. The molecule has 0 spiro atoms. The van der Waals surface area contributed by atoms with Gasteiger partial charge in [-0.25, -0.2) is 0 Å². The molecule has 0 fully saturated rings. The van der Waals surface area contributed by atoms with E-state index in [1.807, 2.05) is 12.1 Å². The Bertz CT molecular complexity index is 891. The number of halogens is 1. The fourth-order valence-corrected chi connectivity index (χ4v) is 4.83. The number of thiocarbonyl (C=S) groups is 1. The van der Waals surface area contributed by atoms with Crippen LogP contribution in [0.3, 0.4) is 0 Å². The van der Waals surface area contributed by atoms with Gasteiger partial charge in [0.05, 0.1) is 7.11 Å². The van der Waals surface area contributed by atoms with E-state index in [1.165, 1.54) is 28.2 Å². The van der Waals surface area contributed by atoms with Crippen LogP contribution in [-0.2, 0) is 16.0 Å². The number of ether oxygens (including phenoxy) is 1. The van der Waals surface area contributed by atoms with Crippen LogP contribution in [0.2, 0.25) is 0 Å². The lowest BCUT2D eigenvalue weighted by atomic mass is 9.86. The molecule has 0 amide bonds. The minimum atomic E-state index is -0.136. The fourth-order valence-electron chi connectivity index (χ4n) is 4.25. The number of nitrogens with one attached hydrogen (secondary N) is 2. The zero-order valence-electron chi connectivity index (χ0n) is 18.6. The van der Waals surface area contributed by atoms with Gasteiger partial charge in [0, 0.05) is 34.8 Å². The van der Waals surface area contributed by atoms with Gasteiger partial charge in [-0.15, -0.1) is 0 Å². The molecule has 0 aromatic heterocycles. The van der Waals surface area contributed by atoms with E-state index in [0.29, 0.717) is 17.6 Å². The lowest BCUT2D eigenvalue weighted by molar-refractivity contribution is -0.140. The van der Waals surface area contributed by atoms with Gasteiger partial charge in [0.2, 0.25) is 0 Å². The Morgan fingerprint density at radius 2 is 1.91 bits per heavy atom. The quantitative estimate of drug-likeness (QED) is 0.177. The van der Waals surface area contributed by atoms with Gasteiger partial charge in [-0.3, -0.25) is 9.69 Å². The number of carbonyl (C=O) groups excluding carboxylic acids is 1. The van der Waals surface area contributed by atoms with Crippen molar-refractivity contribution in [3.8, 4) is 0 Å². The van der Waals surface area contributed by atoms with Crippen molar-refractivity contribution in [3.05, 3.63) is 63.2 Å². The first-order valence-corrected chi connectivity index (χ1v) is 12.7. The van der Waals surface area contributed by atoms with Crippen molar-refractivity contribution in [1.29, 1.82) is 0 Å². The molecule has 2 aromatic carbocycles. The Morgan fingerprint density at radius 3 is 2.69 bits per heavy atom. The number of anilines is 1. The molecule has 1 aliphatic carbocycles. The van der Waals surface area contributed by atoms with Crippen LogP contribution in [0.1, 0.15) is 49.3 Å². The normalized spacial score (nSPS) is 15.2. The Labute approximate surface area is 210 Å². The molecule has 3 rings (SSSR count). The van der Waals surface area contributed by atoms with Crippen LogP contribution < -0.4 is 10.6 Å². The van der Waals surface area contributed by atoms with E-state index in [9.17, 15) is 4.79 Å². The number of esters is 1. The number of benzene rings is 2. The summed E-state index contributed by atoms with van der Waals surface area (Å²) >= 11 is 7.74. The van der Waals surface area contributed by atoms with Crippen LogP contribution in [0.15, 0.2) is 48.5 Å². The van der Waals surface area contributed by atoms with Crippen molar-refractivity contribution >= 4 is 51.6 Å². The third kappa shape index (κ3) is 7.71. The lowest BCUT2D eigenvalue weighted by Gasteiger charge is -2.36. The first-order chi connectivity index (χ1) is 15.6. The standard InChI is InChI=1S/C25H32IN3O2S/c1-31-24(30)11-5-17-29(23-10-4-8-19-7-2-3-9-22(19)23)18-6-16-27-25(32)28-21-14-12-20(26)13-15-21/h2-3,7,9,12-15,23H,4-6,8,10-11,16-18H2,1H3,(H2,27,28,32). The summed E-state index contributed by atoms with van der Waals surface area (Å²) in [7, 11) is 1.45. The number of rotatable bonds is 10. The summed E-state index contributed by atoms with van der Waals surface area (Å²) in [6.07, 6.45) is 5.77. The number of hydrogen-bond donors (Lipinski definition) is 2. The van der Waals surface area contributed by atoms with Crippen LogP contribution in [0.4, 0.5) is 5.69 Å². The van der Waals surface area contributed by atoms with E-state index < -0.39 is 0 Å². The summed E-state index contributed by atoms with van der Waals surface area (Å²) in [6.45, 7) is 2.65. The van der Waals surface area contributed by atoms with Crippen LogP contribution in [0, 0.1) is 3.57 Å². The molecular formula is C25H32IN3O2S. The zero-order chi connectivity index (χ0) is 22.8. The summed E-state index contributed by atoms with van der Waals surface area (Å²) in [5, 5.41) is 7.21. The second kappa shape index (κ2) is 13.1. The van der Waals surface area contributed by atoms with Crippen LogP contribution >= 0.6 is 34.8 Å². The molecule has 1 unspecified atom stereocenters. The number of hydrogen-bond acceptors (Lipinski definition) is 4. The van der Waals surface area contributed by atoms with Gasteiger partial charge in [-0.1, -0.05) is 24.3 Å². The van der Waals surface area contributed by atoms with Crippen molar-refractivity contribution in [2.45, 2.75) is 44.6 Å². The van der Waals surface area contributed by atoms with E-state index in [1.54, 1.807) is 0 Å². The average Bonchev–Trinajstić information content (AvgIpc) is 2.81. The number of carbonyl (C=O) groups is 1. The highest BCUT2D eigenvalue weighted by molar-refractivity contribution is 14.1. The highest BCUT2D eigenvalue weighted by Gasteiger charge is 2.25. The van der Waals surface area contributed by atoms with Gasteiger partial charge >= 0.3 is 5.97 Å². The van der Waals surface area contributed by atoms with Gasteiger partial charge in [0.25, 0.3) is 0 Å². The second-order valence-corrected chi connectivity index (χ2v) is 9.72. The Kier molecular flexibility index (Phi) is 10.2. The molecule has 0 saturated heterocycles. The summed E-state index contributed by atoms with van der Waals surface area (Å²) in [4.78, 5) is 14.1. The molecule has 2 aromatic rings. The van der Waals surface area contributed by atoms with Gasteiger partial charge < -0.3 is 15.4 Å². The second-order valence-electron chi connectivity index (χ2n) is 8.06. The summed E-state index contributed by atoms with van der Waals surface area (Å²) < 4.78 is 6.02. The maximum absolute atomic E-state index is 11.6. The molecule has 0 saturated carbocycles. The van der Waals surface area contributed by atoms with E-state index in [-0.39, 0.29) is 5.97 Å². The number of fused-ring (bicyclic) bond motifs is 1. The molecule has 2 N–H and O–H groups in total. The summed E-state index contributed by atoms with van der Waals surface area (Å²) in [6, 6.07) is 17.4. The van der Waals surface area contributed by atoms with Crippen LogP contribution in [0.25, 0.3) is 0 Å². The van der Waals surface area contributed by atoms with Crippen molar-refractivity contribution in [2.75, 3.05) is 32.1 Å². The van der Waals surface area contributed by atoms with Crippen LogP contribution in [-0.4, -0.2) is 42.7 Å². The topological polar surface area (TPSA) is 53.6 Å². The minimum absolute atomic E-state index is 0.136. The van der Waals surface area contributed by atoms with Crippen molar-refractivity contribution < 1.29 is 9.53 Å². The summed E-state index contributed by atoms with van der Waals surface area (Å²) in [5.41, 5.74) is 3.90. The molecule has 0 bridgehead atoms. The molecular weight excluding hydrogens is 533 g/mol. The molecule has 32 heavy (non-hydrogen) atoms. The number of methoxy groups -OCH3 is 1. The van der Waals surface area contributed by atoms with Gasteiger partial charge in [0.15, 0.2) is 5.11 Å². The van der Waals surface area contributed by atoms with Crippen molar-refractivity contribution in [2.24, 2.45) is 0 Å². The SMILES string of the molecule is COC(=O)CCCN(CCCNC(=S)Nc1ccc(I)cc1)C1CCCc2ccccc21. The van der Waals surface area contributed by atoms with Gasteiger partial charge in [-0.2, -0.15) is 0 Å².